The number of ether oxygens (including phenoxy) is 1. The van der Waals surface area contributed by atoms with Crippen LogP contribution in [0.1, 0.15) is 12.5 Å². The molecule has 0 saturated carbocycles. The number of benzene rings is 2. The molecule has 2 rings (SSSR count). The molecule has 0 fully saturated rings. The Hall–Kier alpha value is -3.35. The summed E-state index contributed by atoms with van der Waals surface area (Å²) in [6, 6.07) is 14.1. The molecule has 0 atom stereocenters. The Balaban J connectivity index is 1.80. The SMILES string of the molecule is COc1ccccc1NC(=O)CO/N=C\c1ccc(NC(C)=O)cc1. The van der Waals surface area contributed by atoms with Crippen LogP contribution < -0.4 is 15.4 Å². The van der Waals surface area contributed by atoms with Crippen LogP contribution in [0.2, 0.25) is 0 Å². The Labute approximate surface area is 145 Å². The summed E-state index contributed by atoms with van der Waals surface area (Å²) in [7, 11) is 1.53. The number of carbonyl (C=O) groups excluding carboxylic acids is 2. The van der Waals surface area contributed by atoms with Crippen LogP contribution in [0, 0.1) is 0 Å². The van der Waals surface area contributed by atoms with Gasteiger partial charge in [0, 0.05) is 12.6 Å². The summed E-state index contributed by atoms with van der Waals surface area (Å²) < 4.78 is 5.15. The van der Waals surface area contributed by atoms with Gasteiger partial charge in [-0.15, -0.1) is 0 Å². The normalized spacial score (nSPS) is 10.3. The van der Waals surface area contributed by atoms with Crippen LogP contribution in [0.25, 0.3) is 0 Å². The van der Waals surface area contributed by atoms with Gasteiger partial charge < -0.3 is 20.2 Å². The van der Waals surface area contributed by atoms with Crippen LogP contribution in [0.15, 0.2) is 53.7 Å². The quantitative estimate of drug-likeness (QED) is 0.598. The van der Waals surface area contributed by atoms with Gasteiger partial charge in [-0.3, -0.25) is 9.59 Å². The molecule has 0 aliphatic rings. The fraction of sp³-hybridized carbons (Fsp3) is 0.167. The van der Waals surface area contributed by atoms with Crippen molar-refractivity contribution in [3.8, 4) is 5.75 Å². The number of amides is 2. The van der Waals surface area contributed by atoms with Crippen molar-refractivity contribution in [2.75, 3.05) is 24.4 Å². The second-order valence-electron chi connectivity index (χ2n) is 5.06. The number of nitrogens with one attached hydrogen (secondary N) is 2. The molecular formula is C18H19N3O4. The molecule has 2 aromatic rings. The molecule has 7 nitrogen and oxygen atoms in total. The minimum Gasteiger partial charge on any atom is -0.495 e. The van der Waals surface area contributed by atoms with Gasteiger partial charge in [0.1, 0.15) is 5.75 Å². The zero-order valence-corrected chi connectivity index (χ0v) is 14.0. The molecule has 25 heavy (non-hydrogen) atoms. The van der Waals surface area contributed by atoms with Gasteiger partial charge in [-0.2, -0.15) is 0 Å². The number of rotatable bonds is 7. The molecular weight excluding hydrogens is 322 g/mol. The number of para-hydroxylation sites is 2. The van der Waals surface area contributed by atoms with Gasteiger partial charge in [-0.05, 0) is 29.8 Å². The van der Waals surface area contributed by atoms with E-state index in [1.54, 1.807) is 42.5 Å². The molecule has 0 aliphatic heterocycles. The van der Waals surface area contributed by atoms with E-state index in [0.717, 1.165) is 5.56 Å². The summed E-state index contributed by atoms with van der Waals surface area (Å²) in [6.07, 6.45) is 1.48. The van der Waals surface area contributed by atoms with Gasteiger partial charge in [-0.1, -0.05) is 29.4 Å². The largest absolute Gasteiger partial charge is 0.495 e. The second kappa shape index (κ2) is 9.07. The predicted molar refractivity (Wildman–Crippen MR) is 95.9 cm³/mol. The Morgan fingerprint density at radius 3 is 2.48 bits per heavy atom. The summed E-state index contributed by atoms with van der Waals surface area (Å²) >= 11 is 0. The zero-order valence-electron chi connectivity index (χ0n) is 14.0. The van der Waals surface area contributed by atoms with Crippen molar-refractivity contribution in [2.24, 2.45) is 5.16 Å². The van der Waals surface area contributed by atoms with Crippen LogP contribution in [0.3, 0.4) is 0 Å². The molecule has 130 valence electrons. The summed E-state index contributed by atoms with van der Waals surface area (Å²) in [4.78, 5) is 27.8. The second-order valence-corrected chi connectivity index (χ2v) is 5.06. The average Bonchev–Trinajstić information content (AvgIpc) is 2.60. The maximum atomic E-state index is 11.8. The molecule has 7 heteroatoms. The van der Waals surface area contributed by atoms with Gasteiger partial charge in [0.2, 0.25) is 5.91 Å². The van der Waals surface area contributed by atoms with Crippen molar-refractivity contribution >= 4 is 29.4 Å². The Morgan fingerprint density at radius 2 is 1.80 bits per heavy atom. The van der Waals surface area contributed by atoms with Crippen molar-refractivity contribution in [1.82, 2.24) is 0 Å². The van der Waals surface area contributed by atoms with E-state index >= 15 is 0 Å². The number of anilines is 2. The lowest BCUT2D eigenvalue weighted by Gasteiger charge is -2.08. The molecule has 2 amide bonds. The van der Waals surface area contributed by atoms with E-state index in [-0.39, 0.29) is 18.4 Å². The van der Waals surface area contributed by atoms with E-state index in [0.29, 0.717) is 17.1 Å². The molecule has 2 N–H and O–H groups in total. The first-order chi connectivity index (χ1) is 12.1. The predicted octanol–water partition coefficient (Wildman–Crippen LogP) is 2.64. The standard InChI is InChI=1S/C18H19N3O4/c1-13(22)20-15-9-7-14(8-10-15)11-19-25-12-18(23)21-16-5-3-4-6-17(16)24-2/h3-11H,12H2,1-2H3,(H,20,22)(H,21,23)/b19-11-. The highest BCUT2D eigenvalue weighted by atomic mass is 16.6. The monoisotopic (exact) mass is 341 g/mol. The molecule has 0 aliphatic carbocycles. The Kier molecular flexibility index (Phi) is 6.53. The first-order valence-electron chi connectivity index (χ1n) is 7.54. The first-order valence-corrected chi connectivity index (χ1v) is 7.54. The Morgan fingerprint density at radius 1 is 1.08 bits per heavy atom. The third-order valence-electron chi connectivity index (χ3n) is 3.08. The van der Waals surface area contributed by atoms with Crippen molar-refractivity contribution in [2.45, 2.75) is 6.92 Å². The minimum atomic E-state index is -0.345. The number of hydrogen-bond donors (Lipinski definition) is 2. The van der Waals surface area contributed by atoms with Crippen molar-refractivity contribution in [3.05, 3.63) is 54.1 Å². The van der Waals surface area contributed by atoms with E-state index in [1.165, 1.54) is 20.2 Å². The Bertz CT molecular complexity index is 757. The number of oxime groups is 1. The third kappa shape index (κ3) is 5.98. The highest BCUT2D eigenvalue weighted by molar-refractivity contribution is 5.93. The molecule has 0 saturated heterocycles. The average molecular weight is 341 g/mol. The topological polar surface area (TPSA) is 89.0 Å². The molecule has 0 bridgehead atoms. The van der Waals surface area contributed by atoms with Crippen LogP contribution in [0.5, 0.6) is 5.75 Å². The summed E-state index contributed by atoms with van der Waals surface area (Å²) in [5.74, 6) is 0.0899. The van der Waals surface area contributed by atoms with E-state index < -0.39 is 0 Å². The molecule has 0 aromatic heterocycles. The van der Waals surface area contributed by atoms with Crippen LogP contribution in [0.4, 0.5) is 11.4 Å². The third-order valence-corrected chi connectivity index (χ3v) is 3.08. The van der Waals surface area contributed by atoms with Gasteiger partial charge in [0.25, 0.3) is 5.91 Å². The van der Waals surface area contributed by atoms with Gasteiger partial charge in [0.15, 0.2) is 6.61 Å². The van der Waals surface area contributed by atoms with E-state index in [1.807, 2.05) is 6.07 Å². The smallest absolute Gasteiger partial charge is 0.265 e. The summed E-state index contributed by atoms with van der Waals surface area (Å²) in [6.45, 7) is 1.22. The lowest BCUT2D eigenvalue weighted by Crippen LogP contribution is -2.17. The van der Waals surface area contributed by atoms with Crippen molar-refractivity contribution < 1.29 is 19.2 Å². The van der Waals surface area contributed by atoms with Crippen molar-refractivity contribution in [1.29, 1.82) is 0 Å². The molecule has 0 heterocycles. The maximum absolute atomic E-state index is 11.8. The van der Waals surface area contributed by atoms with Gasteiger partial charge >= 0.3 is 0 Å². The number of nitrogens with zero attached hydrogens (tertiary/aromatic N) is 1. The van der Waals surface area contributed by atoms with Crippen LogP contribution >= 0.6 is 0 Å². The maximum Gasteiger partial charge on any atom is 0.265 e. The van der Waals surface area contributed by atoms with Crippen LogP contribution in [-0.2, 0) is 14.4 Å². The number of carbonyl (C=O) groups is 2. The highest BCUT2D eigenvalue weighted by Gasteiger charge is 2.06. The van der Waals surface area contributed by atoms with E-state index in [9.17, 15) is 9.59 Å². The summed E-state index contributed by atoms with van der Waals surface area (Å²) in [5.41, 5.74) is 2.04. The van der Waals surface area contributed by atoms with Gasteiger partial charge in [0.05, 0.1) is 19.0 Å². The molecule has 2 aromatic carbocycles. The summed E-state index contributed by atoms with van der Waals surface area (Å²) in [5, 5.41) is 9.10. The zero-order chi connectivity index (χ0) is 18.1. The van der Waals surface area contributed by atoms with Gasteiger partial charge in [-0.25, -0.2) is 0 Å². The first kappa shape index (κ1) is 18.0. The van der Waals surface area contributed by atoms with Crippen LogP contribution in [-0.4, -0.2) is 31.7 Å². The van der Waals surface area contributed by atoms with E-state index in [4.69, 9.17) is 9.57 Å². The lowest BCUT2D eigenvalue weighted by atomic mass is 10.2. The van der Waals surface area contributed by atoms with E-state index in [2.05, 4.69) is 15.8 Å². The highest BCUT2D eigenvalue weighted by Crippen LogP contribution is 2.22. The number of hydrogen-bond acceptors (Lipinski definition) is 5. The molecule has 0 spiro atoms. The fourth-order valence-corrected chi connectivity index (χ4v) is 1.98. The van der Waals surface area contributed by atoms with Crippen molar-refractivity contribution in [3.63, 3.8) is 0 Å². The minimum absolute atomic E-state index is 0.134. The number of methoxy groups -OCH3 is 1. The lowest BCUT2D eigenvalue weighted by molar-refractivity contribution is -0.120. The fourth-order valence-electron chi connectivity index (χ4n) is 1.98. The molecule has 0 radical (unpaired) electrons. The molecule has 0 unspecified atom stereocenters.